The topological polar surface area (TPSA) is 18.5 Å². The van der Waals surface area contributed by atoms with Crippen molar-refractivity contribution in [2.75, 3.05) is 39.8 Å². The standard InChI is InChI=1S/C15H27N3S/c1-4-14-12-18(9-8-17(14)3)7-6-16-11-15-13(2)5-10-19-15/h5,10,14,16H,4,6-9,11-12H2,1-3H3. The van der Waals surface area contributed by atoms with Crippen molar-refractivity contribution in [2.24, 2.45) is 0 Å². The highest BCUT2D eigenvalue weighted by Crippen LogP contribution is 2.14. The van der Waals surface area contributed by atoms with Crippen molar-refractivity contribution in [1.82, 2.24) is 15.1 Å². The van der Waals surface area contributed by atoms with Gasteiger partial charge in [-0.05, 0) is 37.4 Å². The van der Waals surface area contributed by atoms with Crippen molar-refractivity contribution >= 4 is 11.3 Å². The van der Waals surface area contributed by atoms with Gasteiger partial charge >= 0.3 is 0 Å². The van der Waals surface area contributed by atoms with Gasteiger partial charge in [-0.2, -0.15) is 0 Å². The Hall–Kier alpha value is -0.420. The Morgan fingerprint density at radius 3 is 2.95 bits per heavy atom. The van der Waals surface area contributed by atoms with Crippen LogP contribution in [-0.2, 0) is 6.54 Å². The normalized spacial score (nSPS) is 21.9. The maximum absolute atomic E-state index is 3.58. The van der Waals surface area contributed by atoms with Crippen LogP contribution >= 0.6 is 11.3 Å². The fraction of sp³-hybridized carbons (Fsp3) is 0.733. The maximum Gasteiger partial charge on any atom is 0.0302 e. The summed E-state index contributed by atoms with van der Waals surface area (Å²) in [5.74, 6) is 0. The lowest BCUT2D eigenvalue weighted by atomic mass is 10.1. The zero-order valence-electron chi connectivity index (χ0n) is 12.5. The number of thiophene rings is 1. The average molecular weight is 281 g/mol. The van der Waals surface area contributed by atoms with Gasteiger partial charge in [0, 0.05) is 50.2 Å². The number of rotatable bonds is 6. The van der Waals surface area contributed by atoms with E-state index in [1.165, 1.54) is 43.0 Å². The van der Waals surface area contributed by atoms with Crippen molar-refractivity contribution in [3.05, 3.63) is 21.9 Å². The Morgan fingerprint density at radius 1 is 1.42 bits per heavy atom. The number of likely N-dealkylation sites (N-methyl/N-ethyl adjacent to an activating group) is 1. The molecule has 0 saturated carbocycles. The third kappa shape index (κ3) is 4.28. The predicted octanol–water partition coefficient (Wildman–Crippen LogP) is 2.17. The van der Waals surface area contributed by atoms with Crippen molar-refractivity contribution < 1.29 is 0 Å². The molecule has 0 aromatic carbocycles. The molecule has 1 atom stereocenters. The average Bonchev–Trinajstić information content (AvgIpc) is 2.82. The van der Waals surface area contributed by atoms with Gasteiger partial charge in [0.2, 0.25) is 0 Å². The van der Waals surface area contributed by atoms with Gasteiger partial charge < -0.3 is 10.2 Å². The number of hydrogen-bond donors (Lipinski definition) is 1. The molecule has 0 amide bonds. The van der Waals surface area contributed by atoms with Crippen molar-refractivity contribution in [2.45, 2.75) is 32.9 Å². The van der Waals surface area contributed by atoms with Crippen LogP contribution in [0.25, 0.3) is 0 Å². The minimum absolute atomic E-state index is 0.744. The van der Waals surface area contributed by atoms with Crippen LogP contribution in [0, 0.1) is 6.92 Å². The van der Waals surface area contributed by atoms with Crippen LogP contribution in [0.1, 0.15) is 23.8 Å². The summed E-state index contributed by atoms with van der Waals surface area (Å²) in [6.45, 7) is 11.4. The minimum Gasteiger partial charge on any atom is -0.311 e. The van der Waals surface area contributed by atoms with Gasteiger partial charge in [0.1, 0.15) is 0 Å². The first-order chi connectivity index (χ1) is 9.20. The lowest BCUT2D eigenvalue weighted by Crippen LogP contribution is -2.52. The number of piperazine rings is 1. The van der Waals surface area contributed by atoms with Crippen molar-refractivity contribution in [1.29, 1.82) is 0 Å². The van der Waals surface area contributed by atoms with Crippen LogP contribution in [-0.4, -0.2) is 55.6 Å². The summed E-state index contributed by atoms with van der Waals surface area (Å²) in [5.41, 5.74) is 1.42. The Balaban J connectivity index is 1.65. The minimum atomic E-state index is 0.744. The first kappa shape index (κ1) is 15.0. The summed E-state index contributed by atoms with van der Waals surface area (Å²) >= 11 is 1.86. The molecule has 1 aromatic rings. The smallest absolute Gasteiger partial charge is 0.0302 e. The van der Waals surface area contributed by atoms with Gasteiger partial charge in [-0.25, -0.2) is 0 Å². The zero-order chi connectivity index (χ0) is 13.7. The summed E-state index contributed by atoms with van der Waals surface area (Å²) in [5, 5.41) is 5.75. The third-order valence-corrected chi connectivity index (χ3v) is 5.21. The van der Waals surface area contributed by atoms with E-state index in [4.69, 9.17) is 0 Å². The van der Waals surface area contributed by atoms with Crippen LogP contribution in [0.4, 0.5) is 0 Å². The molecule has 1 aromatic heterocycles. The lowest BCUT2D eigenvalue weighted by molar-refractivity contribution is 0.0939. The highest BCUT2D eigenvalue weighted by Gasteiger charge is 2.21. The summed E-state index contributed by atoms with van der Waals surface area (Å²) in [6.07, 6.45) is 1.26. The monoisotopic (exact) mass is 281 g/mol. The molecule has 0 bridgehead atoms. The largest absolute Gasteiger partial charge is 0.311 e. The number of nitrogens with one attached hydrogen (secondary N) is 1. The van der Waals surface area contributed by atoms with Crippen LogP contribution in [0.3, 0.4) is 0 Å². The molecule has 19 heavy (non-hydrogen) atoms. The van der Waals surface area contributed by atoms with Gasteiger partial charge in [-0.1, -0.05) is 6.92 Å². The Morgan fingerprint density at radius 2 is 2.26 bits per heavy atom. The van der Waals surface area contributed by atoms with E-state index in [1.807, 2.05) is 11.3 Å². The van der Waals surface area contributed by atoms with Crippen LogP contribution in [0.5, 0.6) is 0 Å². The molecule has 2 heterocycles. The SMILES string of the molecule is CCC1CN(CCNCc2sccc2C)CCN1C. The molecule has 4 heteroatoms. The molecule has 1 unspecified atom stereocenters. The molecule has 108 valence electrons. The molecular weight excluding hydrogens is 254 g/mol. The Bertz CT molecular complexity index is 377. The van der Waals surface area contributed by atoms with E-state index in [2.05, 4.69) is 47.5 Å². The van der Waals surface area contributed by atoms with E-state index in [0.717, 1.165) is 19.1 Å². The zero-order valence-corrected chi connectivity index (χ0v) is 13.3. The van der Waals surface area contributed by atoms with E-state index < -0.39 is 0 Å². The second kappa shape index (κ2) is 7.39. The fourth-order valence-electron chi connectivity index (χ4n) is 2.68. The fourth-order valence-corrected chi connectivity index (χ4v) is 3.55. The van der Waals surface area contributed by atoms with Crippen LogP contribution in [0.15, 0.2) is 11.4 Å². The molecule has 0 radical (unpaired) electrons. The van der Waals surface area contributed by atoms with Crippen LogP contribution in [0.2, 0.25) is 0 Å². The first-order valence-corrected chi connectivity index (χ1v) is 8.25. The summed E-state index contributed by atoms with van der Waals surface area (Å²) < 4.78 is 0. The molecule has 0 aliphatic carbocycles. The molecule has 1 N–H and O–H groups in total. The van der Waals surface area contributed by atoms with Crippen LogP contribution < -0.4 is 5.32 Å². The van der Waals surface area contributed by atoms with E-state index >= 15 is 0 Å². The molecular formula is C15H27N3S. The molecule has 0 spiro atoms. The Kier molecular flexibility index (Phi) is 5.82. The molecule has 2 rings (SSSR count). The second-order valence-electron chi connectivity index (χ2n) is 5.55. The predicted molar refractivity (Wildman–Crippen MR) is 83.9 cm³/mol. The van der Waals surface area contributed by atoms with E-state index in [1.54, 1.807) is 0 Å². The van der Waals surface area contributed by atoms with E-state index in [0.29, 0.717) is 0 Å². The lowest BCUT2D eigenvalue weighted by Gasteiger charge is -2.39. The maximum atomic E-state index is 3.58. The highest BCUT2D eigenvalue weighted by atomic mass is 32.1. The van der Waals surface area contributed by atoms with E-state index in [9.17, 15) is 0 Å². The highest BCUT2D eigenvalue weighted by molar-refractivity contribution is 7.10. The summed E-state index contributed by atoms with van der Waals surface area (Å²) in [4.78, 5) is 6.58. The molecule has 1 aliphatic rings. The second-order valence-corrected chi connectivity index (χ2v) is 6.55. The van der Waals surface area contributed by atoms with Gasteiger partial charge in [0.25, 0.3) is 0 Å². The molecule has 3 nitrogen and oxygen atoms in total. The van der Waals surface area contributed by atoms with Crippen molar-refractivity contribution in [3.8, 4) is 0 Å². The van der Waals surface area contributed by atoms with Gasteiger partial charge in [-0.15, -0.1) is 11.3 Å². The third-order valence-electron chi connectivity index (χ3n) is 4.19. The number of nitrogens with zero attached hydrogens (tertiary/aromatic N) is 2. The quantitative estimate of drug-likeness (QED) is 0.806. The van der Waals surface area contributed by atoms with Gasteiger partial charge in [0.15, 0.2) is 0 Å². The summed E-state index contributed by atoms with van der Waals surface area (Å²) in [7, 11) is 2.25. The molecule has 1 aliphatic heterocycles. The van der Waals surface area contributed by atoms with Crippen molar-refractivity contribution in [3.63, 3.8) is 0 Å². The summed E-state index contributed by atoms with van der Waals surface area (Å²) in [6, 6.07) is 2.95. The molecule has 1 fully saturated rings. The number of aryl methyl sites for hydroxylation is 1. The molecule has 1 saturated heterocycles. The number of hydrogen-bond acceptors (Lipinski definition) is 4. The van der Waals surface area contributed by atoms with Gasteiger partial charge in [0.05, 0.1) is 0 Å². The first-order valence-electron chi connectivity index (χ1n) is 7.37. The Labute approximate surface area is 121 Å². The van der Waals surface area contributed by atoms with E-state index in [-0.39, 0.29) is 0 Å². The van der Waals surface area contributed by atoms with Gasteiger partial charge in [-0.3, -0.25) is 4.90 Å².